The molecule has 0 atom stereocenters. The number of aromatic nitrogens is 5. The summed E-state index contributed by atoms with van der Waals surface area (Å²) in [6.07, 6.45) is 7.75. The largest absolute Gasteiger partial charge is 0.299 e. The number of benzene rings is 2. The van der Waals surface area contributed by atoms with Gasteiger partial charge < -0.3 is 0 Å². The summed E-state index contributed by atoms with van der Waals surface area (Å²) in [6.45, 7) is 4.85. The fourth-order valence-electron chi connectivity index (χ4n) is 4.08. The minimum absolute atomic E-state index is 0.101. The molecular weight excluding hydrogens is 412 g/mol. The standard InChI is InChI=1S/C26H26N6O/c1-3-4-5-10-15-31-17-27-24-22(26(31)33)23-25(30-21-14-9-8-13-20(21)29-23)32(24)28-16-19-12-7-6-11-18(19)2/h6-9,11-14,16-17H,3-5,10,15H2,1-2H3. The number of aryl methyl sites for hydroxylation is 2. The molecular formula is C26H26N6O. The Kier molecular flexibility index (Phi) is 5.69. The summed E-state index contributed by atoms with van der Waals surface area (Å²) in [6, 6.07) is 15.7. The first-order chi connectivity index (χ1) is 16.2. The zero-order valence-corrected chi connectivity index (χ0v) is 18.9. The summed E-state index contributed by atoms with van der Waals surface area (Å²) in [5, 5.41) is 5.16. The lowest BCUT2D eigenvalue weighted by Crippen LogP contribution is -2.20. The molecule has 0 N–H and O–H groups in total. The molecule has 0 bridgehead atoms. The van der Waals surface area contributed by atoms with Gasteiger partial charge in [-0.15, -0.1) is 0 Å². The maximum Gasteiger partial charge on any atom is 0.265 e. The highest BCUT2D eigenvalue weighted by Gasteiger charge is 2.19. The second kappa shape index (κ2) is 8.94. The number of para-hydroxylation sites is 2. The van der Waals surface area contributed by atoms with E-state index in [0.717, 1.165) is 47.8 Å². The third-order valence-electron chi connectivity index (χ3n) is 5.96. The van der Waals surface area contributed by atoms with Crippen LogP contribution in [0.15, 0.2) is 64.8 Å². The number of unbranched alkanes of at least 4 members (excludes halogenated alkanes) is 3. The van der Waals surface area contributed by atoms with Crippen molar-refractivity contribution in [3.63, 3.8) is 0 Å². The van der Waals surface area contributed by atoms with Crippen molar-refractivity contribution in [1.82, 2.24) is 24.2 Å². The van der Waals surface area contributed by atoms with Crippen molar-refractivity contribution in [3.05, 3.63) is 76.3 Å². The average molecular weight is 439 g/mol. The molecule has 0 fully saturated rings. The van der Waals surface area contributed by atoms with Crippen LogP contribution in [0.5, 0.6) is 0 Å². The van der Waals surface area contributed by atoms with Crippen LogP contribution in [0.3, 0.4) is 0 Å². The first-order valence-corrected chi connectivity index (χ1v) is 11.4. The Hall–Kier alpha value is -3.87. The van der Waals surface area contributed by atoms with Gasteiger partial charge in [-0.05, 0) is 36.6 Å². The van der Waals surface area contributed by atoms with Gasteiger partial charge in [0.15, 0.2) is 11.3 Å². The molecule has 3 aromatic heterocycles. The van der Waals surface area contributed by atoms with E-state index in [2.05, 4.69) is 11.9 Å². The lowest BCUT2D eigenvalue weighted by Gasteiger charge is -2.05. The van der Waals surface area contributed by atoms with Crippen molar-refractivity contribution >= 4 is 39.4 Å². The predicted octanol–water partition coefficient (Wildman–Crippen LogP) is 5.07. The van der Waals surface area contributed by atoms with Crippen LogP contribution in [0, 0.1) is 6.92 Å². The fraction of sp³-hybridized carbons (Fsp3) is 0.269. The van der Waals surface area contributed by atoms with E-state index in [0.29, 0.717) is 28.7 Å². The van der Waals surface area contributed by atoms with Crippen molar-refractivity contribution in [2.24, 2.45) is 5.10 Å². The van der Waals surface area contributed by atoms with Crippen LogP contribution in [0.4, 0.5) is 0 Å². The molecule has 3 heterocycles. The summed E-state index contributed by atoms with van der Waals surface area (Å²) in [4.78, 5) is 27.7. The number of hydrogen-bond acceptors (Lipinski definition) is 5. The van der Waals surface area contributed by atoms with Crippen molar-refractivity contribution in [2.75, 3.05) is 0 Å². The first kappa shape index (κ1) is 21.0. The Morgan fingerprint density at radius 3 is 2.48 bits per heavy atom. The molecule has 7 nitrogen and oxygen atoms in total. The molecule has 0 saturated carbocycles. The molecule has 5 rings (SSSR count). The van der Waals surface area contributed by atoms with E-state index in [-0.39, 0.29) is 5.56 Å². The highest BCUT2D eigenvalue weighted by atomic mass is 16.1. The SMILES string of the molecule is CCCCCCn1cnc2c(c1=O)c1nc3ccccc3nc1n2N=Cc1ccccc1C. The fourth-order valence-corrected chi connectivity index (χ4v) is 4.08. The molecule has 33 heavy (non-hydrogen) atoms. The number of hydrogen-bond donors (Lipinski definition) is 0. The van der Waals surface area contributed by atoms with E-state index in [4.69, 9.17) is 15.1 Å². The molecule has 0 radical (unpaired) electrons. The normalized spacial score (nSPS) is 11.9. The van der Waals surface area contributed by atoms with Gasteiger partial charge in [0.2, 0.25) is 0 Å². The summed E-state index contributed by atoms with van der Waals surface area (Å²) in [5.41, 5.74) is 5.03. The molecule has 166 valence electrons. The molecule has 0 aliphatic carbocycles. The summed E-state index contributed by atoms with van der Waals surface area (Å²) in [5.74, 6) is 0. The Balaban J connectivity index is 1.72. The van der Waals surface area contributed by atoms with E-state index >= 15 is 0 Å². The first-order valence-electron chi connectivity index (χ1n) is 11.4. The van der Waals surface area contributed by atoms with E-state index in [9.17, 15) is 4.79 Å². The van der Waals surface area contributed by atoms with Gasteiger partial charge in [0.1, 0.15) is 10.9 Å². The maximum atomic E-state index is 13.5. The molecule has 0 amide bonds. The molecule has 0 spiro atoms. The van der Waals surface area contributed by atoms with Gasteiger partial charge in [0.05, 0.1) is 23.6 Å². The Labute approximate surface area is 191 Å². The Morgan fingerprint density at radius 1 is 0.939 bits per heavy atom. The number of nitrogens with zero attached hydrogens (tertiary/aromatic N) is 6. The van der Waals surface area contributed by atoms with Gasteiger partial charge >= 0.3 is 0 Å². The van der Waals surface area contributed by atoms with Crippen LogP contribution in [0.25, 0.3) is 33.2 Å². The van der Waals surface area contributed by atoms with Crippen LogP contribution >= 0.6 is 0 Å². The zero-order valence-electron chi connectivity index (χ0n) is 18.9. The lowest BCUT2D eigenvalue weighted by molar-refractivity contribution is 0.567. The van der Waals surface area contributed by atoms with E-state index in [1.54, 1.807) is 21.8 Å². The Bertz CT molecular complexity index is 1550. The van der Waals surface area contributed by atoms with Gasteiger partial charge in [0.25, 0.3) is 5.56 Å². The molecule has 0 aliphatic rings. The van der Waals surface area contributed by atoms with E-state index in [1.165, 1.54) is 0 Å². The summed E-state index contributed by atoms with van der Waals surface area (Å²) < 4.78 is 3.32. The third-order valence-corrected chi connectivity index (χ3v) is 5.96. The van der Waals surface area contributed by atoms with Crippen molar-refractivity contribution in [2.45, 2.75) is 46.1 Å². The van der Waals surface area contributed by atoms with Gasteiger partial charge in [-0.1, -0.05) is 62.6 Å². The molecule has 0 aliphatic heterocycles. The maximum absolute atomic E-state index is 13.5. The third kappa shape index (κ3) is 3.91. The molecule has 5 aromatic rings. The van der Waals surface area contributed by atoms with Crippen LogP contribution in [-0.4, -0.2) is 30.4 Å². The van der Waals surface area contributed by atoms with Gasteiger partial charge in [-0.25, -0.2) is 15.0 Å². The van der Waals surface area contributed by atoms with Crippen LogP contribution in [-0.2, 0) is 6.54 Å². The van der Waals surface area contributed by atoms with Crippen molar-refractivity contribution in [1.29, 1.82) is 0 Å². The van der Waals surface area contributed by atoms with Crippen molar-refractivity contribution < 1.29 is 0 Å². The van der Waals surface area contributed by atoms with Gasteiger partial charge in [-0.3, -0.25) is 9.36 Å². The predicted molar refractivity (Wildman–Crippen MR) is 133 cm³/mol. The van der Waals surface area contributed by atoms with Crippen molar-refractivity contribution in [3.8, 4) is 0 Å². The van der Waals surface area contributed by atoms with E-state index < -0.39 is 0 Å². The van der Waals surface area contributed by atoms with Crippen LogP contribution in [0.1, 0.15) is 43.7 Å². The second-order valence-electron chi connectivity index (χ2n) is 8.30. The monoisotopic (exact) mass is 438 g/mol. The molecule has 2 aromatic carbocycles. The summed E-state index contributed by atoms with van der Waals surface area (Å²) in [7, 11) is 0. The highest BCUT2D eigenvalue weighted by molar-refractivity contribution is 6.04. The second-order valence-corrected chi connectivity index (χ2v) is 8.30. The number of fused-ring (bicyclic) bond motifs is 4. The quantitative estimate of drug-likeness (QED) is 0.263. The highest BCUT2D eigenvalue weighted by Crippen LogP contribution is 2.25. The van der Waals surface area contributed by atoms with Gasteiger partial charge in [0, 0.05) is 6.54 Å². The molecule has 0 saturated heterocycles. The minimum atomic E-state index is -0.101. The van der Waals surface area contributed by atoms with Crippen LogP contribution in [0.2, 0.25) is 0 Å². The average Bonchev–Trinajstić information content (AvgIpc) is 3.14. The molecule has 0 unspecified atom stereocenters. The zero-order chi connectivity index (χ0) is 22.8. The molecule has 7 heteroatoms. The summed E-state index contributed by atoms with van der Waals surface area (Å²) >= 11 is 0. The minimum Gasteiger partial charge on any atom is -0.299 e. The lowest BCUT2D eigenvalue weighted by atomic mass is 10.1. The smallest absolute Gasteiger partial charge is 0.265 e. The van der Waals surface area contributed by atoms with Gasteiger partial charge in [-0.2, -0.15) is 9.78 Å². The Morgan fingerprint density at radius 2 is 1.70 bits per heavy atom. The van der Waals surface area contributed by atoms with E-state index in [1.807, 2.05) is 55.5 Å². The number of rotatable bonds is 7. The topological polar surface area (TPSA) is 78.0 Å². The van der Waals surface area contributed by atoms with Crippen LogP contribution < -0.4 is 5.56 Å².